The zero-order chi connectivity index (χ0) is 20.5. The molecule has 2 aromatic carbocycles. The second-order valence-corrected chi connectivity index (χ2v) is 8.46. The lowest BCUT2D eigenvalue weighted by atomic mass is 10.0. The van der Waals surface area contributed by atoms with Crippen LogP contribution in [0.15, 0.2) is 42.5 Å². The summed E-state index contributed by atoms with van der Waals surface area (Å²) in [5.74, 6) is -0.376. The highest BCUT2D eigenvalue weighted by Gasteiger charge is 2.30. The molecule has 9 heteroatoms. The van der Waals surface area contributed by atoms with Crippen LogP contribution in [0.25, 0.3) is 10.2 Å². The van der Waals surface area contributed by atoms with E-state index in [2.05, 4.69) is 21.1 Å². The van der Waals surface area contributed by atoms with Crippen LogP contribution in [0.4, 0.5) is 15.2 Å². The Balaban J connectivity index is 1.25. The molecule has 1 aromatic heterocycles. The molecule has 2 fully saturated rings. The quantitative estimate of drug-likeness (QED) is 0.594. The molecule has 3 heterocycles. The van der Waals surface area contributed by atoms with Gasteiger partial charge in [-0.3, -0.25) is 4.79 Å². The lowest BCUT2D eigenvalue weighted by molar-refractivity contribution is -0.117. The van der Waals surface area contributed by atoms with E-state index in [4.69, 9.17) is 9.72 Å². The largest absolute Gasteiger partial charge is 0.378 e. The van der Waals surface area contributed by atoms with Gasteiger partial charge in [0.05, 0.1) is 23.4 Å². The van der Waals surface area contributed by atoms with Gasteiger partial charge in [-0.2, -0.15) is 0 Å². The van der Waals surface area contributed by atoms with Gasteiger partial charge in [-0.05, 0) is 42.3 Å². The number of morpholine rings is 1. The van der Waals surface area contributed by atoms with Crippen molar-refractivity contribution in [1.29, 1.82) is 0 Å². The highest BCUT2D eigenvalue weighted by molar-refractivity contribution is 7.22. The molecule has 0 saturated carbocycles. The molecular formula is C21H22FN5O2S. The molecule has 2 aliphatic heterocycles. The minimum atomic E-state index is -0.374. The number of carbonyl (C=O) groups is 1. The summed E-state index contributed by atoms with van der Waals surface area (Å²) < 4.78 is 19.6. The monoisotopic (exact) mass is 427 g/mol. The van der Waals surface area contributed by atoms with E-state index in [1.54, 1.807) is 23.5 Å². The maximum absolute atomic E-state index is 13.1. The number of rotatable bonds is 4. The SMILES string of the molecule is O=C(Nc1ccc2nc(N3CCOCC3)sc2c1)C1CC(c2ccc(F)cc2)NN1. The smallest absolute Gasteiger partial charge is 0.242 e. The average Bonchev–Trinajstić information content (AvgIpc) is 3.42. The van der Waals surface area contributed by atoms with Crippen molar-refractivity contribution in [3.05, 3.63) is 53.8 Å². The Morgan fingerprint density at radius 2 is 1.97 bits per heavy atom. The Kier molecular flexibility index (Phi) is 5.34. The Morgan fingerprint density at radius 1 is 1.17 bits per heavy atom. The molecule has 5 rings (SSSR count). The molecule has 156 valence electrons. The number of ether oxygens (including phenoxy) is 1. The van der Waals surface area contributed by atoms with E-state index >= 15 is 0 Å². The van der Waals surface area contributed by atoms with E-state index in [-0.39, 0.29) is 23.8 Å². The molecule has 2 unspecified atom stereocenters. The number of carbonyl (C=O) groups excluding carboxylic acids is 1. The fourth-order valence-corrected chi connectivity index (χ4v) is 4.81. The molecule has 3 aromatic rings. The number of thiazole rings is 1. The van der Waals surface area contributed by atoms with Crippen LogP contribution < -0.4 is 21.1 Å². The molecule has 1 amide bonds. The number of nitrogens with zero attached hydrogens (tertiary/aromatic N) is 2. The van der Waals surface area contributed by atoms with Crippen LogP contribution in [0.3, 0.4) is 0 Å². The van der Waals surface area contributed by atoms with Gasteiger partial charge in [-0.15, -0.1) is 0 Å². The second kappa shape index (κ2) is 8.27. The van der Waals surface area contributed by atoms with Crippen LogP contribution in [-0.2, 0) is 9.53 Å². The number of nitrogens with one attached hydrogen (secondary N) is 3. The lowest BCUT2D eigenvalue weighted by Crippen LogP contribution is -2.39. The third kappa shape index (κ3) is 4.01. The second-order valence-electron chi connectivity index (χ2n) is 7.45. The van der Waals surface area contributed by atoms with Gasteiger partial charge < -0.3 is 15.0 Å². The molecule has 30 heavy (non-hydrogen) atoms. The predicted molar refractivity (Wildman–Crippen MR) is 115 cm³/mol. The van der Waals surface area contributed by atoms with Crippen LogP contribution in [0.2, 0.25) is 0 Å². The maximum atomic E-state index is 13.1. The summed E-state index contributed by atoms with van der Waals surface area (Å²) in [6.45, 7) is 3.13. The molecule has 2 saturated heterocycles. The summed E-state index contributed by atoms with van der Waals surface area (Å²) in [6.07, 6.45) is 0.585. The Bertz CT molecular complexity index is 1050. The summed E-state index contributed by atoms with van der Waals surface area (Å²) in [7, 11) is 0. The number of aromatic nitrogens is 1. The zero-order valence-corrected chi connectivity index (χ0v) is 17.0. The first-order valence-electron chi connectivity index (χ1n) is 9.96. The normalized spacial score (nSPS) is 21.8. The summed E-state index contributed by atoms with van der Waals surface area (Å²) in [5, 5.41) is 3.98. The zero-order valence-electron chi connectivity index (χ0n) is 16.2. The van der Waals surface area contributed by atoms with Gasteiger partial charge in [0.2, 0.25) is 5.91 Å². The summed E-state index contributed by atoms with van der Waals surface area (Å²) in [5.41, 5.74) is 8.78. The van der Waals surface area contributed by atoms with Gasteiger partial charge >= 0.3 is 0 Å². The minimum absolute atomic E-state index is 0.0404. The van der Waals surface area contributed by atoms with Gasteiger partial charge in [0.1, 0.15) is 11.9 Å². The average molecular weight is 428 g/mol. The number of hydrazine groups is 1. The fourth-order valence-electron chi connectivity index (χ4n) is 3.75. The molecule has 2 aliphatic rings. The number of fused-ring (bicyclic) bond motifs is 1. The molecule has 3 N–H and O–H groups in total. The van der Waals surface area contributed by atoms with Crippen LogP contribution in [0.5, 0.6) is 0 Å². The predicted octanol–water partition coefficient (Wildman–Crippen LogP) is 2.82. The summed E-state index contributed by atoms with van der Waals surface area (Å²) in [4.78, 5) is 19.7. The van der Waals surface area contributed by atoms with Crippen molar-refractivity contribution in [2.75, 3.05) is 36.5 Å². The lowest BCUT2D eigenvalue weighted by Gasteiger charge is -2.25. The maximum Gasteiger partial charge on any atom is 0.242 e. The van der Waals surface area contributed by atoms with Crippen molar-refractivity contribution in [3.8, 4) is 0 Å². The number of hydrogen-bond acceptors (Lipinski definition) is 7. The third-order valence-electron chi connectivity index (χ3n) is 5.42. The van der Waals surface area contributed by atoms with Crippen molar-refractivity contribution in [2.24, 2.45) is 0 Å². The highest BCUT2D eigenvalue weighted by Crippen LogP contribution is 2.31. The van der Waals surface area contributed by atoms with E-state index in [1.807, 2.05) is 18.2 Å². The van der Waals surface area contributed by atoms with E-state index in [0.29, 0.717) is 6.42 Å². The van der Waals surface area contributed by atoms with Gasteiger partial charge in [0, 0.05) is 24.8 Å². The summed E-state index contributed by atoms with van der Waals surface area (Å²) in [6, 6.07) is 11.7. The van der Waals surface area contributed by atoms with E-state index < -0.39 is 0 Å². The van der Waals surface area contributed by atoms with E-state index in [0.717, 1.165) is 52.9 Å². The number of benzene rings is 2. The highest BCUT2D eigenvalue weighted by atomic mass is 32.1. The summed E-state index contributed by atoms with van der Waals surface area (Å²) >= 11 is 1.63. The first-order chi connectivity index (χ1) is 14.7. The molecule has 7 nitrogen and oxygen atoms in total. The Morgan fingerprint density at radius 3 is 2.77 bits per heavy atom. The number of halogens is 1. The topological polar surface area (TPSA) is 78.5 Å². The van der Waals surface area contributed by atoms with Crippen molar-refractivity contribution < 1.29 is 13.9 Å². The molecule has 0 radical (unpaired) electrons. The van der Waals surface area contributed by atoms with Crippen molar-refractivity contribution >= 4 is 38.3 Å². The van der Waals surface area contributed by atoms with Crippen molar-refractivity contribution in [3.63, 3.8) is 0 Å². The number of hydrogen-bond donors (Lipinski definition) is 3. The minimum Gasteiger partial charge on any atom is -0.378 e. The van der Waals surface area contributed by atoms with Crippen LogP contribution >= 0.6 is 11.3 Å². The number of anilines is 2. The number of amides is 1. The van der Waals surface area contributed by atoms with E-state index in [1.165, 1.54) is 12.1 Å². The van der Waals surface area contributed by atoms with Gasteiger partial charge in [0.15, 0.2) is 5.13 Å². The Labute approximate surface area is 177 Å². The molecule has 0 aliphatic carbocycles. The third-order valence-corrected chi connectivity index (χ3v) is 6.50. The standard InChI is InChI=1S/C21H22FN5O2S/c22-14-3-1-13(2-4-14)17-12-18(26-25-17)20(28)23-15-5-6-16-19(11-15)30-21(24-16)27-7-9-29-10-8-27/h1-6,11,17-18,25-26H,7-10,12H2,(H,23,28). The fraction of sp³-hybridized carbons (Fsp3) is 0.333. The van der Waals surface area contributed by atoms with Crippen LogP contribution in [0.1, 0.15) is 18.0 Å². The first-order valence-corrected chi connectivity index (χ1v) is 10.8. The molecule has 0 spiro atoms. The molecule has 2 atom stereocenters. The van der Waals surface area contributed by atoms with Gasteiger partial charge in [-0.25, -0.2) is 20.2 Å². The van der Waals surface area contributed by atoms with E-state index in [9.17, 15) is 9.18 Å². The Hall–Kier alpha value is -2.59. The van der Waals surface area contributed by atoms with Gasteiger partial charge in [0.25, 0.3) is 0 Å². The van der Waals surface area contributed by atoms with Gasteiger partial charge in [-0.1, -0.05) is 23.5 Å². The first kappa shape index (κ1) is 19.4. The molecule has 0 bridgehead atoms. The molecular weight excluding hydrogens is 405 g/mol. The van der Waals surface area contributed by atoms with Crippen molar-refractivity contribution in [1.82, 2.24) is 15.8 Å². The van der Waals surface area contributed by atoms with Crippen LogP contribution in [-0.4, -0.2) is 43.2 Å². The van der Waals surface area contributed by atoms with Crippen LogP contribution in [0, 0.1) is 5.82 Å². The van der Waals surface area contributed by atoms with Crippen molar-refractivity contribution in [2.45, 2.75) is 18.5 Å².